The predicted molar refractivity (Wildman–Crippen MR) is 72.7 cm³/mol. The van der Waals surface area contributed by atoms with Gasteiger partial charge in [0.05, 0.1) is 11.8 Å². The zero-order chi connectivity index (χ0) is 13.6. The van der Waals surface area contributed by atoms with E-state index < -0.39 is 0 Å². The molecule has 0 spiro atoms. The number of halogens is 1. The number of aromatic hydroxyl groups is 1. The Bertz CT molecular complexity index is 836. The molecule has 2 aromatic heterocycles. The van der Waals surface area contributed by atoms with Gasteiger partial charge in [-0.25, -0.2) is 0 Å². The Balaban J connectivity index is 2.35. The Labute approximate surface area is 113 Å². The number of rotatable bonds is 1. The van der Waals surface area contributed by atoms with Gasteiger partial charge in [0.25, 0.3) is 5.56 Å². The van der Waals surface area contributed by atoms with Gasteiger partial charge in [0.2, 0.25) is 5.88 Å². The summed E-state index contributed by atoms with van der Waals surface area (Å²) in [6, 6.07) is 7.21. The third kappa shape index (κ3) is 1.79. The van der Waals surface area contributed by atoms with Crippen LogP contribution in [0.25, 0.3) is 16.8 Å². The highest BCUT2D eigenvalue weighted by molar-refractivity contribution is 6.30. The van der Waals surface area contributed by atoms with Crippen LogP contribution in [0.15, 0.2) is 35.3 Å². The van der Waals surface area contributed by atoms with E-state index in [1.807, 2.05) is 12.1 Å². The number of benzene rings is 1. The molecule has 0 saturated heterocycles. The lowest BCUT2D eigenvalue weighted by Crippen LogP contribution is -2.12. The van der Waals surface area contributed by atoms with E-state index in [4.69, 9.17) is 11.6 Å². The monoisotopic (exact) mass is 275 g/mol. The van der Waals surface area contributed by atoms with Crippen molar-refractivity contribution in [3.8, 4) is 17.0 Å². The fraction of sp³-hybridized carbons (Fsp3) is 0.0769. The van der Waals surface area contributed by atoms with E-state index in [2.05, 4.69) is 10.1 Å². The Kier molecular flexibility index (Phi) is 2.57. The van der Waals surface area contributed by atoms with E-state index in [0.29, 0.717) is 16.2 Å². The van der Waals surface area contributed by atoms with E-state index in [9.17, 15) is 9.90 Å². The minimum atomic E-state index is -0.339. The Hall–Kier alpha value is -2.27. The van der Waals surface area contributed by atoms with Gasteiger partial charge in [0.1, 0.15) is 5.65 Å². The number of H-pyrrole nitrogens is 1. The van der Waals surface area contributed by atoms with Crippen molar-refractivity contribution in [2.45, 2.75) is 6.92 Å². The summed E-state index contributed by atoms with van der Waals surface area (Å²) in [5, 5.41) is 14.6. The van der Waals surface area contributed by atoms with Crippen LogP contribution >= 0.6 is 11.6 Å². The molecular formula is C13H10ClN3O2. The number of hydrogen-bond acceptors (Lipinski definition) is 3. The Morgan fingerprint density at radius 1 is 1.42 bits per heavy atom. The molecule has 2 heterocycles. The molecule has 6 heteroatoms. The fourth-order valence-corrected chi connectivity index (χ4v) is 2.15. The maximum Gasteiger partial charge on any atom is 0.257 e. The topological polar surface area (TPSA) is 70.4 Å². The number of nitrogens with one attached hydrogen (secondary N) is 1. The third-order valence-electron chi connectivity index (χ3n) is 3.01. The first-order valence-corrected chi connectivity index (χ1v) is 6.01. The van der Waals surface area contributed by atoms with Gasteiger partial charge in [-0.2, -0.15) is 9.61 Å². The van der Waals surface area contributed by atoms with Crippen LogP contribution in [0.5, 0.6) is 5.88 Å². The lowest BCUT2D eigenvalue weighted by Gasteiger charge is -2.03. The highest BCUT2D eigenvalue weighted by Gasteiger charge is 2.13. The van der Waals surface area contributed by atoms with Gasteiger partial charge >= 0.3 is 0 Å². The Morgan fingerprint density at radius 3 is 2.95 bits per heavy atom. The molecule has 3 aromatic rings. The molecule has 96 valence electrons. The van der Waals surface area contributed by atoms with Crippen LogP contribution in [0.1, 0.15) is 5.56 Å². The summed E-state index contributed by atoms with van der Waals surface area (Å²) in [4.78, 5) is 14.4. The molecular weight excluding hydrogens is 266 g/mol. The average Bonchev–Trinajstić information content (AvgIpc) is 2.80. The van der Waals surface area contributed by atoms with E-state index in [1.54, 1.807) is 18.3 Å². The number of nitrogens with zero attached hydrogens (tertiary/aromatic N) is 2. The van der Waals surface area contributed by atoms with Crippen LogP contribution in [-0.4, -0.2) is 19.7 Å². The number of hydrogen-bond donors (Lipinski definition) is 2. The van der Waals surface area contributed by atoms with Gasteiger partial charge in [-0.05, 0) is 24.6 Å². The minimum absolute atomic E-state index is 0.160. The first kappa shape index (κ1) is 11.8. The smallest absolute Gasteiger partial charge is 0.257 e. The zero-order valence-electron chi connectivity index (χ0n) is 10.0. The minimum Gasteiger partial charge on any atom is -0.493 e. The zero-order valence-corrected chi connectivity index (χ0v) is 10.8. The second-order valence-electron chi connectivity index (χ2n) is 4.23. The average molecular weight is 276 g/mol. The van der Waals surface area contributed by atoms with E-state index >= 15 is 0 Å². The second-order valence-corrected chi connectivity index (χ2v) is 4.67. The quantitative estimate of drug-likeness (QED) is 0.716. The molecule has 0 saturated carbocycles. The highest BCUT2D eigenvalue weighted by atomic mass is 35.5. The molecule has 5 nitrogen and oxygen atoms in total. The number of aromatic amines is 1. The normalized spacial score (nSPS) is 11.1. The summed E-state index contributed by atoms with van der Waals surface area (Å²) in [6.45, 7) is 1.54. The summed E-state index contributed by atoms with van der Waals surface area (Å²) in [5.74, 6) is -0.160. The molecule has 0 radical (unpaired) electrons. The van der Waals surface area contributed by atoms with E-state index in [1.165, 1.54) is 11.4 Å². The molecule has 0 amide bonds. The van der Waals surface area contributed by atoms with Crippen LogP contribution in [-0.2, 0) is 0 Å². The largest absolute Gasteiger partial charge is 0.493 e. The highest BCUT2D eigenvalue weighted by Crippen LogP contribution is 2.27. The van der Waals surface area contributed by atoms with Crippen LogP contribution in [0, 0.1) is 6.92 Å². The molecule has 2 N–H and O–H groups in total. The molecule has 0 aliphatic heterocycles. The van der Waals surface area contributed by atoms with Gasteiger partial charge in [-0.3, -0.25) is 4.79 Å². The number of fused-ring (bicyclic) bond motifs is 1. The van der Waals surface area contributed by atoms with Crippen molar-refractivity contribution >= 4 is 17.2 Å². The van der Waals surface area contributed by atoms with Crippen molar-refractivity contribution in [3.63, 3.8) is 0 Å². The summed E-state index contributed by atoms with van der Waals surface area (Å²) in [7, 11) is 0. The predicted octanol–water partition coefficient (Wildman–Crippen LogP) is 2.36. The van der Waals surface area contributed by atoms with Crippen molar-refractivity contribution in [3.05, 3.63) is 51.4 Å². The van der Waals surface area contributed by atoms with Gasteiger partial charge in [0.15, 0.2) is 0 Å². The lowest BCUT2D eigenvalue weighted by atomic mass is 10.1. The van der Waals surface area contributed by atoms with Crippen LogP contribution in [0.3, 0.4) is 0 Å². The standard InChI is InChI=1S/C13H10ClN3O2/c1-7-12(18)16-11-10(6-15-17(11)13(7)19)8-3-2-4-9(14)5-8/h2-6,19H,1H3,(H,16,18). The molecule has 0 unspecified atom stereocenters. The van der Waals surface area contributed by atoms with Gasteiger partial charge in [-0.1, -0.05) is 23.7 Å². The summed E-state index contributed by atoms with van der Waals surface area (Å²) in [5.41, 5.74) is 1.86. The summed E-state index contributed by atoms with van der Waals surface area (Å²) < 4.78 is 1.30. The molecule has 3 rings (SSSR count). The van der Waals surface area contributed by atoms with Crippen molar-refractivity contribution in [2.24, 2.45) is 0 Å². The Morgan fingerprint density at radius 2 is 2.21 bits per heavy atom. The second kappa shape index (κ2) is 4.13. The lowest BCUT2D eigenvalue weighted by molar-refractivity contribution is 0.429. The van der Waals surface area contributed by atoms with Gasteiger partial charge < -0.3 is 10.1 Å². The first-order chi connectivity index (χ1) is 9.08. The van der Waals surface area contributed by atoms with Crippen molar-refractivity contribution in [2.75, 3.05) is 0 Å². The van der Waals surface area contributed by atoms with E-state index in [0.717, 1.165) is 5.56 Å². The maximum absolute atomic E-state index is 11.7. The SMILES string of the molecule is Cc1c(O)n2ncc(-c3cccc(Cl)c3)c2[nH]c1=O. The third-order valence-corrected chi connectivity index (χ3v) is 3.25. The summed E-state index contributed by atoms with van der Waals surface area (Å²) >= 11 is 5.95. The van der Waals surface area contributed by atoms with Crippen LogP contribution in [0.2, 0.25) is 5.02 Å². The van der Waals surface area contributed by atoms with E-state index in [-0.39, 0.29) is 17.0 Å². The first-order valence-electron chi connectivity index (χ1n) is 5.63. The molecule has 19 heavy (non-hydrogen) atoms. The van der Waals surface area contributed by atoms with Crippen molar-refractivity contribution < 1.29 is 5.11 Å². The van der Waals surface area contributed by atoms with Gasteiger partial charge in [-0.15, -0.1) is 0 Å². The molecule has 0 atom stereocenters. The fourth-order valence-electron chi connectivity index (χ4n) is 1.96. The molecule has 0 aliphatic rings. The summed E-state index contributed by atoms with van der Waals surface area (Å²) in [6.07, 6.45) is 1.58. The maximum atomic E-state index is 11.7. The molecule has 0 aliphatic carbocycles. The van der Waals surface area contributed by atoms with Crippen LogP contribution in [0.4, 0.5) is 0 Å². The molecule has 0 bridgehead atoms. The van der Waals surface area contributed by atoms with Crippen molar-refractivity contribution in [1.29, 1.82) is 0 Å². The van der Waals surface area contributed by atoms with Crippen LogP contribution < -0.4 is 5.56 Å². The number of aromatic nitrogens is 3. The molecule has 1 aromatic carbocycles. The molecule has 0 fully saturated rings. The van der Waals surface area contributed by atoms with Crippen molar-refractivity contribution in [1.82, 2.24) is 14.6 Å². The van der Waals surface area contributed by atoms with Gasteiger partial charge in [0, 0.05) is 10.6 Å².